The van der Waals surface area contributed by atoms with Crippen LogP contribution in [0.25, 0.3) is 0 Å². The molecule has 0 aromatic heterocycles. The molecule has 1 heterocycles. The Balaban J connectivity index is 2.55. The number of ether oxygens (including phenoxy) is 2. The zero-order valence-electron chi connectivity index (χ0n) is 10.9. The van der Waals surface area contributed by atoms with E-state index in [9.17, 15) is 9.59 Å². The van der Waals surface area contributed by atoms with Gasteiger partial charge in [-0.3, -0.25) is 4.90 Å². The van der Waals surface area contributed by atoms with E-state index in [1.807, 2.05) is 27.7 Å². The molecular weight excluding hydrogens is 222 g/mol. The van der Waals surface area contributed by atoms with Crippen LogP contribution in [-0.2, 0) is 14.3 Å². The average molecular weight is 241 g/mol. The number of likely N-dealkylation sites (tertiary alicyclic amines) is 1. The quantitative estimate of drug-likeness (QED) is 0.518. The van der Waals surface area contributed by atoms with E-state index in [0.29, 0.717) is 6.54 Å². The number of hydrogen-bond acceptors (Lipinski definition) is 4. The van der Waals surface area contributed by atoms with Gasteiger partial charge in [0.15, 0.2) is 0 Å². The Morgan fingerprint density at radius 2 is 2.00 bits per heavy atom. The molecule has 0 aromatic rings. The minimum Gasteiger partial charge on any atom is -0.466 e. The summed E-state index contributed by atoms with van der Waals surface area (Å²) < 4.78 is 9.77. The van der Waals surface area contributed by atoms with Crippen molar-refractivity contribution in [3.05, 3.63) is 11.6 Å². The van der Waals surface area contributed by atoms with Gasteiger partial charge >= 0.3 is 12.1 Å². The van der Waals surface area contributed by atoms with E-state index in [1.165, 1.54) is 13.2 Å². The molecular formula is C12H19NO4. The Labute approximate surface area is 101 Å². The number of methoxy groups -OCH3 is 1. The molecule has 1 rings (SSSR count). The third kappa shape index (κ3) is 3.47. The molecule has 0 N–H and O–H groups in total. The van der Waals surface area contributed by atoms with Crippen molar-refractivity contribution in [3.8, 4) is 0 Å². The summed E-state index contributed by atoms with van der Waals surface area (Å²) in [7, 11) is 1.33. The van der Waals surface area contributed by atoms with Gasteiger partial charge in [0.25, 0.3) is 0 Å². The maximum absolute atomic E-state index is 11.7. The number of hydrogen-bond donors (Lipinski definition) is 0. The summed E-state index contributed by atoms with van der Waals surface area (Å²) in [5, 5.41) is 0. The van der Waals surface area contributed by atoms with Gasteiger partial charge in [-0.2, -0.15) is 0 Å². The van der Waals surface area contributed by atoms with E-state index in [-0.39, 0.29) is 12.1 Å². The van der Waals surface area contributed by atoms with E-state index in [0.717, 1.165) is 5.57 Å². The molecule has 0 aliphatic carbocycles. The summed E-state index contributed by atoms with van der Waals surface area (Å²) in [5.74, 6) is -0.393. The van der Waals surface area contributed by atoms with Gasteiger partial charge in [-0.05, 0) is 33.3 Å². The van der Waals surface area contributed by atoms with Crippen LogP contribution in [0.5, 0.6) is 0 Å². The fourth-order valence-electron chi connectivity index (χ4n) is 1.47. The Kier molecular flexibility index (Phi) is 3.80. The molecule has 96 valence electrons. The summed E-state index contributed by atoms with van der Waals surface area (Å²) in [5.41, 5.74) is 0.376. The van der Waals surface area contributed by atoms with Crippen LogP contribution >= 0.6 is 0 Å². The van der Waals surface area contributed by atoms with E-state index >= 15 is 0 Å². The van der Waals surface area contributed by atoms with Crippen LogP contribution in [0.3, 0.4) is 0 Å². The van der Waals surface area contributed by atoms with Crippen molar-refractivity contribution >= 4 is 12.1 Å². The molecule has 1 saturated heterocycles. The van der Waals surface area contributed by atoms with Gasteiger partial charge in [-0.15, -0.1) is 0 Å². The second-order valence-corrected chi connectivity index (χ2v) is 5.03. The first-order chi connectivity index (χ1) is 7.74. The van der Waals surface area contributed by atoms with Crippen molar-refractivity contribution < 1.29 is 19.1 Å². The lowest BCUT2D eigenvalue weighted by molar-refractivity contribution is -0.135. The van der Waals surface area contributed by atoms with Crippen molar-refractivity contribution in [1.82, 2.24) is 4.90 Å². The molecule has 0 bridgehead atoms. The molecule has 1 amide bonds. The Morgan fingerprint density at radius 3 is 2.41 bits per heavy atom. The topological polar surface area (TPSA) is 55.8 Å². The molecule has 0 radical (unpaired) electrons. The number of carbonyl (C=O) groups is 2. The highest BCUT2D eigenvalue weighted by atomic mass is 16.6. The number of carbonyl (C=O) groups excluding carboxylic acids is 2. The fourth-order valence-corrected chi connectivity index (χ4v) is 1.47. The number of amides is 1. The largest absolute Gasteiger partial charge is 0.466 e. The molecule has 0 spiro atoms. The molecule has 1 fully saturated rings. The van der Waals surface area contributed by atoms with Gasteiger partial charge in [0.1, 0.15) is 5.60 Å². The summed E-state index contributed by atoms with van der Waals surface area (Å²) in [6.07, 6.45) is 1.07. The second kappa shape index (κ2) is 4.77. The highest BCUT2D eigenvalue weighted by molar-refractivity contribution is 5.84. The van der Waals surface area contributed by atoms with E-state index < -0.39 is 11.6 Å². The monoisotopic (exact) mass is 241 g/mol. The summed E-state index contributed by atoms with van der Waals surface area (Å²) in [6, 6.07) is -0.107. The minimum absolute atomic E-state index is 0.107. The smallest absolute Gasteiger partial charge is 0.411 e. The van der Waals surface area contributed by atoms with Crippen molar-refractivity contribution in [2.24, 2.45) is 0 Å². The highest BCUT2D eigenvalue weighted by Crippen LogP contribution is 2.25. The number of nitrogens with zero attached hydrogens (tertiary/aromatic N) is 1. The first-order valence-electron chi connectivity index (χ1n) is 5.52. The lowest BCUT2D eigenvalue weighted by Gasteiger charge is -2.41. The van der Waals surface area contributed by atoms with E-state index in [2.05, 4.69) is 4.74 Å². The molecule has 1 aliphatic rings. The molecule has 5 nitrogen and oxygen atoms in total. The van der Waals surface area contributed by atoms with Gasteiger partial charge in [-0.25, -0.2) is 9.59 Å². The van der Waals surface area contributed by atoms with Crippen LogP contribution in [0.4, 0.5) is 4.79 Å². The Bertz CT molecular complexity index is 354. The third-order valence-corrected chi connectivity index (χ3v) is 2.49. The predicted octanol–water partition coefficient (Wildman–Crippen LogP) is 1.72. The third-order valence-electron chi connectivity index (χ3n) is 2.49. The van der Waals surface area contributed by atoms with Crippen LogP contribution in [0, 0.1) is 0 Å². The van der Waals surface area contributed by atoms with Crippen LogP contribution < -0.4 is 0 Å². The number of esters is 1. The first kappa shape index (κ1) is 13.5. The Hall–Kier alpha value is -1.52. The minimum atomic E-state index is -0.501. The zero-order valence-corrected chi connectivity index (χ0v) is 10.9. The van der Waals surface area contributed by atoms with Crippen molar-refractivity contribution in [3.63, 3.8) is 0 Å². The molecule has 1 atom stereocenters. The maximum atomic E-state index is 11.7. The van der Waals surface area contributed by atoms with Gasteiger partial charge < -0.3 is 9.47 Å². The summed E-state index contributed by atoms with van der Waals surface area (Å²) >= 11 is 0. The molecule has 5 heteroatoms. The predicted molar refractivity (Wildman–Crippen MR) is 62.5 cm³/mol. The highest BCUT2D eigenvalue weighted by Gasteiger charge is 2.36. The normalized spacial score (nSPS) is 22.1. The van der Waals surface area contributed by atoms with Crippen LogP contribution in [0.2, 0.25) is 0 Å². The van der Waals surface area contributed by atoms with Gasteiger partial charge in [0.05, 0.1) is 13.2 Å². The molecule has 1 aliphatic heterocycles. The SMILES string of the molecule is COC(=O)C=C1CN(C(=O)OC(C)(C)C)C1C. The van der Waals surface area contributed by atoms with Crippen LogP contribution in [0.15, 0.2) is 11.6 Å². The molecule has 0 saturated carbocycles. The zero-order chi connectivity index (χ0) is 13.2. The fraction of sp³-hybridized carbons (Fsp3) is 0.667. The first-order valence-corrected chi connectivity index (χ1v) is 5.52. The lowest BCUT2D eigenvalue weighted by atomic mass is 9.98. The standard InChI is InChI=1S/C12H19NO4/c1-8-9(6-10(14)16-5)7-13(8)11(15)17-12(2,3)4/h6,8H,7H2,1-5H3. The molecule has 17 heavy (non-hydrogen) atoms. The van der Waals surface area contributed by atoms with Gasteiger partial charge in [0, 0.05) is 12.6 Å². The van der Waals surface area contributed by atoms with Crippen LogP contribution in [-0.4, -0.2) is 42.3 Å². The van der Waals surface area contributed by atoms with Gasteiger partial charge in [-0.1, -0.05) is 0 Å². The van der Waals surface area contributed by atoms with Crippen molar-refractivity contribution in [2.75, 3.05) is 13.7 Å². The molecule has 0 aromatic carbocycles. The summed E-state index contributed by atoms with van der Waals surface area (Å²) in [4.78, 5) is 24.3. The second-order valence-electron chi connectivity index (χ2n) is 5.03. The van der Waals surface area contributed by atoms with Crippen molar-refractivity contribution in [1.29, 1.82) is 0 Å². The Morgan fingerprint density at radius 1 is 1.41 bits per heavy atom. The average Bonchev–Trinajstić information content (AvgIpc) is 2.19. The van der Waals surface area contributed by atoms with Crippen molar-refractivity contribution in [2.45, 2.75) is 39.3 Å². The molecule has 1 unspecified atom stereocenters. The number of rotatable bonds is 1. The maximum Gasteiger partial charge on any atom is 0.411 e. The van der Waals surface area contributed by atoms with E-state index in [4.69, 9.17) is 4.74 Å². The van der Waals surface area contributed by atoms with E-state index in [1.54, 1.807) is 4.90 Å². The summed E-state index contributed by atoms with van der Waals surface area (Å²) in [6.45, 7) is 7.73. The van der Waals surface area contributed by atoms with Gasteiger partial charge in [0.2, 0.25) is 0 Å². The van der Waals surface area contributed by atoms with Crippen LogP contribution in [0.1, 0.15) is 27.7 Å². The lowest BCUT2D eigenvalue weighted by Crippen LogP contribution is -2.53.